The van der Waals surface area contributed by atoms with Gasteiger partial charge in [-0.2, -0.15) is 4.72 Å². The van der Waals surface area contributed by atoms with Crippen LogP contribution in [0.15, 0.2) is 89.8 Å². The number of benzene rings is 3. The van der Waals surface area contributed by atoms with Gasteiger partial charge in [-0.1, -0.05) is 78.4 Å². The number of sulfonamides is 1. The number of hydrogen-bond donors (Lipinski definition) is 2. The van der Waals surface area contributed by atoms with E-state index in [1.54, 1.807) is 24.3 Å². The first kappa shape index (κ1) is 21.5. The predicted molar refractivity (Wildman–Crippen MR) is 104 cm³/mol. The first-order valence-corrected chi connectivity index (χ1v) is 9.86. The van der Waals surface area contributed by atoms with Crippen LogP contribution in [0.3, 0.4) is 0 Å². The first-order chi connectivity index (χ1) is 12.4. The van der Waals surface area contributed by atoms with E-state index in [2.05, 4.69) is 4.72 Å². The summed E-state index contributed by atoms with van der Waals surface area (Å²) < 4.78 is 28.6. The Hall–Kier alpha value is -1.85. The Morgan fingerprint density at radius 2 is 1.37 bits per heavy atom. The molecule has 0 aliphatic heterocycles. The van der Waals surface area contributed by atoms with Crippen LogP contribution in [0.2, 0.25) is 0 Å². The molecule has 0 unspecified atom stereocenters. The van der Waals surface area contributed by atoms with Crippen molar-refractivity contribution >= 4 is 10.0 Å². The van der Waals surface area contributed by atoms with Gasteiger partial charge in [-0.3, -0.25) is 0 Å². The van der Waals surface area contributed by atoms with Crippen LogP contribution < -0.4 is 10.5 Å². The third kappa shape index (κ3) is 5.33. The molecule has 0 bridgehead atoms. The van der Waals surface area contributed by atoms with Crippen LogP contribution in [0.25, 0.3) is 0 Å². The van der Waals surface area contributed by atoms with Crippen LogP contribution >= 0.6 is 0 Å². The van der Waals surface area contributed by atoms with Crippen LogP contribution in [0, 0.1) is 6.92 Å². The number of nitrogens with two attached hydrogens (primary N) is 1. The van der Waals surface area contributed by atoms with Crippen molar-refractivity contribution in [3.8, 4) is 0 Å². The zero-order chi connectivity index (χ0) is 18.6. The molecule has 0 spiro atoms. The molecule has 3 aromatic rings. The minimum atomic E-state index is -3.78. The summed E-state index contributed by atoms with van der Waals surface area (Å²) in [5.74, 6) is 0. The smallest absolute Gasteiger partial charge is 0.242 e. The van der Waals surface area contributed by atoms with Crippen molar-refractivity contribution < 1.29 is 27.9 Å². The monoisotopic (exact) mass is 468 g/mol. The van der Waals surface area contributed by atoms with Gasteiger partial charge in [0, 0.05) is 25.9 Å². The van der Waals surface area contributed by atoms with Crippen molar-refractivity contribution in [1.82, 2.24) is 4.72 Å². The molecule has 27 heavy (non-hydrogen) atoms. The molecule has 0 amide bonds. The second kappa shape index (κ2) is 8.89. The van der Waals surface area contributed by atoms with Gasteiger partial charge in [0.05, 0.1) is 4.90 Å². The van der Waals surface area contributed by atoms with E-state index in [0.717, 1.165) is 11.1 Å². The van der Waals surface area contributed by atoms with Crippen molar-refractivity contribution in [2.24, 2.45) is 5.73 Å². The maximum absolute atomic E-state index is 12.9. The summed E-state index contributed by atoms with van der Waals surface area (Å²) in [6, 6.07) is 25.6. The molecule has 0 aliphatic carbocycles. The molecule has 0 fully saturated rings. The van der Waals surface area contributed by atoms with Gasteiger partial charge in [-0.05, 0) is 30.2 Å². The Morgan fingerprint density at radius 3 is 1.93 bits per heavy atom. The summed E-state index contributed by atoms with van der Waals surface area (Å²) >= 11 is 0. The molecule has 3 aromatic carbocycles. The maximum atomic E-state index is 12.9. The molecule has 0 aromatic heterocycles. The topological polar surface area (TPSA) is 72.2 Å². The van der Waals surface area contributed by atoms with Gasteiger partial charge in [0.25, 0.3) is 0 Å². The van der Waals surface area contributed by atoms with E-state index in [9.17, 15) is 8.42 Å². The molecule has 4 nitrogen and oxygen atoms in total. The molecule has 0 heterocycles. The molecule has 3 N–H and O–H groups in total. The third-order valence-corrected chi connectivity index (χ3v) is 5.79. The largest absolute Gasteiger partial charge is 0.308 e. The Labute approximate surface area is 173 Å². The van der Waals surface area contributed by atoms with Crippen molar-refractivity contribution in [2.75, 3.05) is 0 Å². The number of aryl methyl sites for hydroxylation is 1. The van der Waals surface area contributed by atoms with Crippen molar-refractivity contribution in [2.45, 2.75) is 23.9 Å². The van der Waals surface area contributed by atoms with Crippen LogP contribution in [0.5, 0.6) is 0 Å². The molecule has 142 valence electrons. The Bertz CT molecular complexity index is 962. The predicted octanol–water partition coefficient (Wildman–Crippen LogP) is 3.33. The molecule has 0 saturated heterocycles. The van der Waals surface area contributed by atoms with E-state index in [1.165, 1.54) is 0 Å². The van der Waals surface area contributed by atoms with Gasteiger partial charge >= 0.3 is 0 Å². The molecule has 1 atom stereocenters. The van der Waals surface area contributed by atoms with Crippen LogP contribution in [-0.4, -0.2) is 8.42 Å². The van der Waals surface area contributed by atoms with Gasteiger partial charge in [0.2, 0.25) is 10.0 Å². The van der Waals surface area contributed by atoms with E-state index >= 15 is 0 Å². The quantitative estimate of drug-likeness (QED) is 0.432. The van der Waals surface area contributed by atoms with Crippen LogP contribution in [0.4, 0.5) is 0 Å². The number of rotatable bonds is 6. The molecular formula is C21H22N2O2RuS. The summed E-state index contributed by atoms with van der Waals surface area (Å²) in [6.45, 7) is 1.91. The number of hydrogen-bond acceptors (Lipinski definition) is 3. The van der Waals surface area contributed by atoms with Gasteiger partial charge < -0.3 is 5.73 Å². The summed E-state index contributed by atoms with van der Waals surface area (Å²) in [6.07, 6.45) is 0.336. The first-order valence-electron chi connectivity index (χ1n) is 8.38. The molecule has 0 radical (unpaired) electrons. The van der Waals surface area contributed by atoms with Gasteiger partial charge in [-0.25, -0.2) is 8.42 Å². The fraction of sp³-hybridized carbons (Fsp3) is 0.143. The second-order valence-corrected chi connectivity index (χ2v) is 8.10. The zero-order valence-corrected chi connectivity index (χ0v) is 17.5. The van der Waals surface area contributed by atoms with E-state index in [1.807, 2.05) is 67.6 Å². The van der Waals surface area contributed by atoms with Crippen LogP contribution in [-0.2, 0) is 41.6 Å². The van der Waals surface area contributed by atoms with E-state index in [-0.39, 0.29) is 24.4 Å². The van der Waals surface area contributed by atoms with Gasteiger partial charge in [-0.15, -0.1) is 0 Å². The average molecular weight is 468 g/mol. The molecule has 3 rings (SSSR count). The van der Waals surface area contributed by atoms with Crippen molar-refractivity contribution in [3.05, 3.63) is 102 Å². The van der Waals surface area contributed by atoms with Crippen molar-refractivity contribution in [1.29, 1.82) is 0 Å². The minimum Gasteiger partial charge on any atom is -0.308 e. The SMILES string of the molecule is Cc1ccc(S(=O)(=O)N[C@](N)(Cc2ccccc2)c2ccccc2)cc1.[Ru]. The normalized spacial score (nSPS) is 13.4. The summed E-state index contributed by atoms with van der Waals surface area (Å²) in [7, 11) is -3.78. The van der Waals surface area contributed by atoms with E-state index in [0.29, 0.717) is 12.0 Å². The molecule has 0 aliphatic rings. The van der Waals surface area contributed by atoms with Gasteiger partial charge in [0.15, 0.2) is 0 Å². The molecular weight excluding hydrogens is 445 g/mol. The maximum Gasteiger partial charge on any atom is 0.242 e. The molecule has 0 saturated carbocycles. The fourth-order valence-corrected chi connectivity index (χ4v) is 4.15. The average Bonchev–Trinajstić information content (AvgIpc) is 2.63. The summed E-state index contributed by atoms with van der Waals surface area (Å²) in [4.78, 5) is 0.196. The third-order valence-electron chi connectivity index (χ3n) is 4.26. The molecule has 6 heteroatoms. The Balaban J connectivity index is 0.00000261. The Kier molecular flexibility index (Phi) is 7.07. The van der Waals surface area contributed by atoms with Gasteiger partial charge in [0.1, 0.15) is 5.66 Å². The summed E-state index contributed by atoms with van der Waals surface area (Å²) in [5, 5.41) is 0. The Morgan fingerprint density at radius 1 is 0.852 bits per heavy atom. The number of nitrogens with one attached hydrogen (secondary N) is 1. The summed E-state index contributed by atoms with van der Waals surface area (Å²) in [5.41, 5.74) is 8.01. The fourth-order valence-electron chi connectivity index (χ4n) is 2.87. The van der Waals surface area contributed by atoms with Crippen molar-refractivity contribution in [3.63, 3.8) is 0 Å². The van der Waals surface area contributed by atoms with Crippen LogP contribution in [0.1, 0.15) is 16.7 Å². The van der Waals surface area contributed by atoms with E-state index in [4.69, 9.17) is 5.73 Å². The van der Waals surface area contributed by atoms with E-state index < -0.39 is 15.7 Å². The zero-order valence-electron chi connectivity index (χ0n) is 14.9. The minimum absolute atomic E-state index is 0. The second-order valence-electron chi connectivity index (χ2n) is 6.42. The standard InChI is InChI=1S/C21H22N2O2S.Ru/c1-17-12-14-20(15-13-17)26(24,25)23-21(22,19-10-6-3-7-11-19)16-18-8-4-2-5-9-18;/h2-15,23H,16,22H2,1H3;/t21-;/m1./s1.